The average molecular weight is 823 g/mol. The monoisotopic (exact) mass is 822 g/mol. The van der Waals surface area contributed by atoms with Crippen LogP contribution in [0.3, 0.4) is 0 Å². The van der Waals surface area contributed by atoms with Crippen molar-refractivity contribution < 1.29 is 25.9 Å². The second-order valence-electron chi connectivity index (χ2n) is 12.8. The highest BCUT2D eigenvalue weighted by Crippen LogP contribution is 2.31. The molecule has 0 radical (unpaired) electrons. The Morgan fingerprint density at radius 1 is 0.569 bits per heavy atom. The summed E-state index contributed by atoms with van der Waals surface area (Å²) in [6, 6.07) is 28.7. The van der Waals surface area contributed by atoms with Crippen LogP contribution < -0.4 is 34.5 Å². The second kappa shape index (κ2) is 18.6. The molecule has 1 fully saturated rings. The molecule has 1 saturated heterocycles. The zero-order chi connectivity index (χ0) is 40.4. The van der Waals surface area contributed by atoms with Gasteiger partial charge in [-0.25, -0.2) is 0 Å². The summed E-state index contributed by atoms with van der Waals surface area (Å²) in [7, 11) is 2.07. The summed E-state index contributed by atoms with van der Waals surface area (Å²) < 4.78 is 53.6. The molecule has 0 amide bonds. The van der Waals surface area contributed by atoms with E-state index in [1.807, 2.05) is 60.7 Å². The van der Waals surface area contributed by atoms with Crippen LogP contribution in [0, 0.1) is 6.92 Å². The number of benzene rings is 4. The predicted octanol–water partition coefficient (Wildman–Crippen LogP) is 6.29. The number of anilines is 9. The fourth-order valence-electron chi connectivity index (χ4n) is 5.75. The Bertz CT molecular complexity index is 2440. The maximum atomic E-state index is 11.9. The minimum absolute atomic E-state index is 0.0490. The smallest absolute Gasteiger partial charge is 0.357 e. The largest absolute Gasteiger partial charge is 0.379 e. The van der Waals surface area contributed by atoms with Gasteiger partial charge in [0.25, 0.3) is 0 Å². The lowest BCUT2D eigenvalue weighted by Gasteiger charge is -2.32. The molecule has 2 unspecified atom stereocenters. The molecule has 0 spiro atoms. The number of nitrogens with zero attached hydrogens (tertiary/aromatic N) is 8. The Morgan fingerprint density at radius 2 is 0.983 bits per heavy atom. The van der Waals surface area contributed by atoms with Crippen LogP contribution in [0.15, 0.2) is 97.1 Å². The van der Waals surface area contributed by atoms with E-state index in [-0.39, 0.29) is 23.4 Å². The van der Waals surface area contributed by atoms with Gasteiger partial charge in [0.15, 0.2) is 11.5 Å². The summed E-state index contributed by atoms with van der Waals surface area (Å²) in [5.41, 5.74) is 3.33. The van der Waals surface area contributed by atoms with E-state index < -0.39 is 22.7 Å². The summed E-state index contributed by atoms with van der Waals surface area (Å²) in [5, 5.41) is 12.6. The third-order valence-corrected chi connectivity index (χ3v) is 9.17. The van der Waals surface area contributed by atoms with Crippen molar-refractivity contribution >= 4 is 87.4 Å². The SMILES string of the molecule is Cc1nc(Nc2ccccc2)nc(Nc2ccc(/C=C/c3ccc(Nc4nc(Nc5ccccc5)nc(N5CCN(C)CC5)n4)cc3OS(=O)O)c(OS(=O)O)c2)n1. The van der Waals surface area contributed by atoms with Gasteiger partial charge < -0.3 is 39.4 Å². The van der Waals surface area contributed by atoms with Crippen molar-refractivity contribution in [1.82, 2.24) is 34.8 Å². The highest BCUT2D eigenvalue weighted by atomic mass is 32.2. The fraction of sp³-hybridized carbons (Fsp3) is 0.158. The van der Waals surface area contributed by atoms with Gasteiger partial charge in [-0.1, -0.05) is 48.6 Å². The Kier molecular flexibility index (Phi) is 12.7. The number of piperazine rings is 1. The normalized spacial score (nSPS) is 14.1. The van der Waals surface area contributed by atoms with Crippen LogP contribution in [-0.4, -0.2) is 85.6 Å². The first-order chi connectivity index (χ1) is 28.1. The topological polar surface area (TPSA) is 225 Å². The lowest BCUT2D eigenvalue weighted by atomic mass is 10.1. The maximum absolute atomic E-state index is 11.9. The minimum Gasteiger partial charge on any atom is -0.379 e. The first-order valence-corrected chi connectivity index (χ1v) is 19.8. The van der Waals surface area contributed by atoms with E-state index in [0.717, 1.165) is 37.6 Å². The molecule has 18 nitrogen and oxygen atoms in total. The van der Waals surface area contributed by atoms with Gasteiger partial charge in [-0.15, -0.1) is 0 Å². The predicted molar refractivity (Wildman–Crippen MR) is 225 cm³/mol. The van der Waals surface area contributed by atoms with Crippen molar-refractivity contribution in [2.24, 2.45) is 0 Å². The Hall–Kier alpha value is -6.58. The summed E-state index contributed by atoms with van der Waals surface area (Å²) >= 11 is -5.33. The number of hydrogen-bond donors (Lipinski definition) is 6. The number of nitrogens with one attached hydrogen (secondary N) is 4. The standard InChI is InChI=1S/C38H38N12O6S2/c1-25-39-34(41-28-9-5-3-6-10-28)45-35(40-25)43-30-17-15-26(32(23-30)55-57(51)52)13-14-27-16-18-31(24-33(27)56-58(53)54)44-37-46-36(42-29-11-7-4-8-12-29)47-38(48-37)50-21-19-49(2)20-22-50/h3-18,23-24H,19-22H2,1-2H3,(H,51,52)(H,53,54)(H2,39,40,41,43,45)(H2,42,44,46,47,48)/b14-13+. The van der Waals surface area contributed by atoms with E-state index in [1.54, 1.807) is 43.3 Å². The van der Waals surface area contributed by atoms with E-state index in [1.165, 1.54) is 12.1 Å². The van der Waals surface area contributed by atoms with E-state index >= 15 is 0 Å². The molecule has 1 aliphatic rings. The first kappa shape index (κ1) is 39.6. The second-order valence-corrected chi connectivity index (χ2v) is 14.0. The highest BCUT2D eigenvalue weighted by molar-refractivity contribution is 7.74. The summed E-state index contributed by atoms with van der Waals surface area (Å²) in [6.45, 7) is 4.90. The molecular weight excluding hydrogens is 785 g/mol. The van der Waals surface area contributed by atoms with Gasteiger partial charge in [0.1, 0.15) is 5.82 Å². The first-order valence-electron chi connectivity index (χ1n) is 17.8. The van der Waals surface area contributed by atoms with Crippen LogP contribution >= 0.6 is 0 Å². The van der Waals surface area contributed by atoms with Gasteiger partial charge in [-0.3, -0.25) is 9.11 Å². The van der Waals surface area contributed by atoms with E-state index in [0.29, 0.717) is 46.2 Å². The highest BCUT2D eigenvalue weighted by Gasteiger charge is 2.19. The van der Waals surface area contributed by atoms with Gasteiger partial charge in [-0.2, -0.15) is 38.3 Å². The molecule has 1 aliphatic heterocycles. The van der Waals surface area contributed by atoms with Crippen LogP contribution in [-0.2, 0) is 22.7 Å². The lowest BCUT2D eigenvalue weighted by molar-refractivity contribution is 0.311. The van der Waals surface area contributed by atoms with Crippen LogP contribution in [0.1, 0.15) is 17.0 Å². The van der Waals surface area contributed by atoms with Crippen molar-refractivity contribution in [1.29, 1.82) is 0 Å². The van der Waals surface area contributed by atoms with Gasteiger partial charge in [0, 0.05) is 72.2 Å². The van der Waals surface area contributed by atoms with Crippen LogP contribution in [0.5, 0.6) is 11.5 Å². The minimum atomic E-state index is -2.67. The van der Waals surface area contributed by atoms with E-state index in [4.69, 9.17) is 13.4 Å². The molecule has 58 heavy (non-hydrogen) atoms. The summed E-state index contributed by atoms with van der Waals surface area (Å²) in [6.07, 6.45) is 3.21. The van der Waals surface area contributed by atoms with Crippen LogP contribution in [0.2, 0.25) is 0 Å². The van der Waals surface area contributed by atoms with Gasteiger partial charge in [-0.05, 0) is 62.5 Å². The lowest BCUT2D eigenvalue weighted by Crippen LogP contribution is -2.45. The molecule has 2 atom stereocenters. The molecule has 2 aromatic heterocycles. The van der Waals surface area contributed by atoms with Gasteiger partial charge in [0.05, 0.1) is 0 Å². The van der Waals surface area contributed by atoms with Crippen LogP contribution in [0.4, 0.5) is 52.5 Å². The van der Waals surface area contributed by atoms with Crippen molar-refractivity contribution in [3.8, 4) is 11.5 Å². The molecule has 298 valence electrons. The zero-order valence-electron chi connectivity index (χ0n) is 31.1. The number of rotatable bonds is 15. The van der Waals surface area contributed by atoms with Crippen molar-refractivity contribution in [3.63, 3.8) is 0 Å². The Morgan fingerprint density at radius 3 is 1.41 bits per heavy atom. The van der Waals surface area contributed by atoms with Crippen LogP contribution in [0.25, 0.3) is 12.2 Å². The molecular formula is C38H38N12O6S2. The number of aryl methyl sites for hydroxylation is 1. The average Bonchev–Trinajstić information content (AvgIpc) is 3.18. The summed E-state index contributed by atoms with van der Waals surface area (Å²) in [5.74, 6) is 2.18. The van der Waals surface area contributed by atoms with Crippen molar-refractivity contribution in [2.75, 3.05) is 59.4 Å². The molecule has 0 bridgehead atoms. The van der Waals surface area contributed by atoms with E-state index in [2.05, 4.69) is 63.0 Å². The van der Waals surface area contributed by atoms with Crippen molar-refractivity contribution in [2.45, 2.75) is 6.92 Å². The molecule has 20 heteroatoms. The summed E-state index contributed by atoms with van der Waals surface area (Å²) in [4.78, 5) is 31.4. The fourth-order valence-corrected chi connectivity index (χ4v) is 6.35. The van der Waals surface area contributed by atoms with Gasteiger partial charge >= 0.3 is 22.7 Å². The molecule has 0 saturated carbocycles. The molecule has 6 N–H and O–H groups in total. The van der Waals surface area contributed by atoms with E-state index in [9.17, 15) is 17.5 Å². The molecule has 4 aromatic carbocycles. The number of para-hydroxylation sites is 2. The third-order valence-electron chi connectivity index (χ3n) is 8.52. The number of likely N-dealkylation sites (N-methyl/N-ethyl adjacent to an activating group) is 1. The molecule has 7 rings (SSSR count). The van der Waals surface area contributed by atoms with Crippen molar-refractivity contribution in [3.05, 3.63) is 114 Å². The molecule has 3 heterocycles. The maximum Gasteiger partial charge on any atom is 0.357 e. The van der Waals surface area contributed by atoms with Gasteiger partial charge in [0.2, 0.25) is 29.7 Å². The third kappa shape index (κ3) is 11.0. The number of aromatic nitrogens is 6. The zero-order valence-corrected chi connectivity index (χ0v) is 32.8. The number of hydrogen-bond acceptors (Lipinski definition) is 16. The quantitative estimate of drug-likeness (QED) is 0.0494. The molecule has 6 aromatic rings. The Labute approximate surface area is 338 Å². The molecule has 0 aliphatic carbocycles. The Balaban J connectivity index is 1.13.